The number of hydrogen-bond acceptors (Lipinski definition) is 6. The zero-order valence-corrected chi connectivity index (χ0v) is 15.7. The van der Waals surface area contributed by atoms with Crippen LogP contribution in [0.3, 0.4) is 0 Å². The second-order valence-corrected chi connectivity index (χ2v) is 5.72. The lowest BCUT2D eigenvalue weighted by Crippen LogP contribution is -2.09. The summed E-state index contributed by atoms with van der Waals surface area (Å²) in [6, 6.07) is 13.9. The maximum Gasteiger partial charge on any atom is 0.182 e. The molecule has 0 aliphatic rings. The number of aromatic nitrogens is 7. The summed E-state index contributed by atoms with van der Waals surface area (Å²) in [5.74, 6) is 1.53. The number of H-pyrrole nitrogens is 1. The van der Waals surface area contributed by atoms with Crippen LogP contribution < -0.4 is 5.32 Å². The molecule has 8 nitrogen and oxygen atoms in total. The Hall–Kier alpha value is -3.81. The highest BCUT2D eigenvalue weighted by Gasteiger charge is 2.14. The highest BCUT2D eigenvalue weighted by atomic mass is 15.2. The molecule has 28 heavy (non-hydrogen) atoms. The van der Waals surface area contributed by atoms with Crippen molar-refractivity contribution in [2.45, 2.75) is 20.4 Å². The zero-order chi connectivity index (χ0) is 19.3. The van der Waals surface area contributed by atoms with Crippen molar-refractivity contribution < 1.29 is 0 Å². The van der Waals surface area contributed by atoms with Gasteiger partial charge in [-0.25, -0.2) is 24.9 Å². The Labute approximate surface area is 161 Å². The van der Waals surface area contributed by atoms with Crippen LogP contribution in [0.2, 0.25) is 0 Å². The molecule has 0 amide bonds. The van der Waals surface area contributed by atoms with E-state index in [0.717, 1.165) is 28.2 Å². The zero-order valence-electron chi connectivity index (χ0n) is 15.7. The van der Waals surface area contributed by atoms with Crippen molar-refractivity contribution >= 4 is 28.1 Å². The number of aromatic amines is 1. The molecule has 8 heteroatoms. The van der Waals surface area contributed by atoms with Crippen LogP contribution in [0.1, 0.15) is 19.7 Å². The lowest BCUT2D eigenvalue weighted by Gasteiger charge is -2.10. The van der Waals surface area contributed by atoms with E-state index in [9.17, 15) is 0 Å². The van der Waals surface area contributed by atoms with Crippen LogP contribution in [-0.2, 0) is 6.54 Å². The molecule has 0 unspecified atom stereocenters. The average molecular weight is 372 g/mol. The van der Waals surface area contributed by atoms with Crippen LogP contribution in [0.5, 0.6) is 0 Å². The molecule has 5 aromatic rings. The average Bonchev–Trinajstić information content (AvgIpc) is 3.39. The monoisotopic (exact) mass is 372 g/mol. The van der Waals surface area contributed by atoms with Gasteiger partial charge in [-0.2, -0.15) is 0 Å². The summed E-state index contributed by atoms with van der Waals surface area (Å²) in [5.41, 5.74) is 4.08. The third-order valence-corrected chi connectivity index (χ3v) is 4.14. The molecule has 140 valence electrons. The van der Waals surface area contributed by atoms with Gasteiger partial charge in [-0.3, -0.25) is 4.57 Å². The Morgan fingerprint density at radius 3 is 2.68 bits per heavy atom. The topological polar surface area (TPSA) is 97.2 Å². The maximum atomic E-state index is 4.74. The summed E-state index contributed by atoms with van der Waals surface area (Å²) in [7, 11) is 0. The highest BCUT2D eigenvalue weighted by Crippen LogP contribution is 2.21. The van der Waals surface area contributed by atoms with Gasteiger partial charge in [0, 0.05) is 11.9 Å². The SMILES string of the molecule is CC.c1ccc(-n2c(CNc3ncnc4nc[nH]c34)nc3cccnc32)cc1. The van der Waals surface area contributed by atoms with E-state index in [1.807, 2.05) is 60.9 Å². The number of nitrogens with one attached hydrogen (secondary N) is 2. The van der Waals surface area contributed by atoms with E-state index >= 15 is 0 Å². The Balaban J connectivity index is 0.000000932. The third-order valence-electron chi connectivity index (χ3n) is 4.14. The van der Waals surface area contributed by atoms with Crippen LogP contribution in [0.15, 0.2) is 61.3 Å². The van der Waals surface area contributed by atoms with Crippen molar-refractivity contribution in [1.82, 2.24) is 34.5 Å². The van der Waals surface area contributed by atoms with Crippen molar-refractivity contribution in [3.8, 4) is 5.69 Å². The van der Waals surface area contributed by atoms with Crippen LogP contribution in [0.25, 0.3) is 28.0 Å². The smallest absolute Gasteiger partial charge is 0.182 e. The first-order valence-electron chi connectivity index (χ1n) is 9.16. The normalized spacial score (nSPS) is 10.6. The number of nitrogens with zero attached hydrogens (tertiary/aromatic N) is 6. The molecule has 0 bridgehead atoms. The van der Waals surface area contributed by atoms with Gasteiger partial charge in [0.2, 0.25) is 0 Å². The Bertz CT molecular complexity index is 1190. The van der Waals surface area contributed by atoms with E-state index in [0.29, 0.717) is 18.0 Å². The number of rotatable bonds is 4. The Kier molecular flexibility index (Phi) is 4.92. The van der Waals surface area contributed by atoms with Gasteiger partial charge < -0.3 is 10.3 Å². The molecule has 0 saturated heterocycles. The van der Waals surface area contributed by atoms with Gasteiger partial charge in [-0.05, 0) is 24.3 Å². The van der Waals surface area contributed by atoms with E-state index < -0.39 is 0 Å². The predicted molar refractivity (Wildman–Crippen MR) is 109 cm³/mol. The molecule has 0 atom stereocenters. The molecule has 1 aromatic carbocycles. The number of fused-ring (bicyclic) bond motifs is 2. The first-order valence-corrected chi connectivity index (χ1v) is 9.16. The van der Waals surface area contributed by atoms with E-state index in [1.54, 1.807) is 12.5 Å². The molecule has 0 saturated carbocycles. The van der Waals surface area contributed by atoms with Gasteiger partial charge in [-0.15, -0.1) is 0 Å². The van der Waals surface area contributed by atoms with E-state index in [1.165, 1.54) is 6.33 Å². The minimum absolute atomic E-state index is 0.483. The fourth-order valence-electron chi connectivity index (χ4n) is 2.99. The number of para-hydroxylation sites is 1. The summed E-state index contributed by atoms with van der Waals surface area (Å²) < 4.78 is 2.05. The summed E-state index contributed by atoms with van der Waals surface area (Å²) in [6.45, 7) is 4.48. The van der Waals surface area contributed by atoms with Crippen molar-refractivity contribution in [2.75, 3.05) is 5.32 Å². The standard InChI is InChI=1S/C18H14N8.C2H6/c1-2-5-12(6-3-1)26-14(25-13-7-4-8-19-18(13)26)9-20-16-15-17(22-10-21-15)24-11-23-16;1-2/h1-8,10-11H,9H2,(H2,20,21,22,23,24);1-2H3. The van der Waals surface area contributed by atoms with Crippen LogP contribution >= 0.6 is 0 Å². The van der Waals surface area contributed by atoms with E-state index in [4.69, 9.17) is 4.98 Å². The number of pyridine rings is 1. The number of imidazole rings is 2. The Morgan fingerprint density at radius 1 is 0.964 bits per heavy atom. The van der Waals surface area contributed by atoms with Crippen LogP contribution in [0.4, 0.5) is 5.82 Å². The van der Waals surface area contributed by atoms with Crippen molar-refractivity contribution in [1.29, 1.82) is 0 Å². The quantitative estimate of drug-likeness (QED) is 0.499. The maximum absolute atomic E-state index is 4.74. The fourth-order valence-corrected chi connectivity index (χ4v) is 2.99. The number of benzene rings is 1. The van der Waals surface area contributed by atoms with E-state index in [2.05, 4.69) is 30.2 Å². The van der Waals surface area contributed by atoms with E-state index in [-0.39, 0.29) is 0 Å². The van der Waals surface area contributed by atoms with Gasteiger partial charge in [0.15, 0.2) is 17.1 Å². The van der Waals surface area contributed by atoms with Crippen molar-refractivity contribution in [3.05, 3.63) is 67.1 Å². The van der Waals surface area contributed by atoms with Crippen molar-refractivity contribution in [2.24, 2.45) is 0 Å². The number of hydrogen-bond donors (Lipinski definition) is 2. The summed E-state index contributed by atoms with van der Waals surface area (Å²) in [6.07, 6.45) is 4.88. The lowest BCUT2D eigenvalue weighted by molar-refractivity contribution is 0.904. The molecule has 0 spiro atoms. The molecule has 0 fully saturated rings. The summed E-state index contributed by atoms with van der Waals surface area (Å²) >= 11 is 0. The molecular weight excluding hydrogens is 352 g/mol. The molecule has 0 aliphatic heterocycles. The van der Waals surface area contributed by atoms with Crippen LogP contribution in [-0.4, -0.2) is 34.5 Å². The molecule has 0 aliphatic carbocycles. The molecule has 0 radical (unpaired) electrons. The second kappa shape index (κ2) is 7.83. The molecule has 4 heterocycles. The molecule has 5 rings (SSSR count). The highest BCUT2D eigenvalue weighted by molar-refractivity contribution is 5.82. The second-order valence-electron chi connectivity index (χ2n) is 5.72. The summed E-state index contributed by atoms with van der Waals surface area (Å²) in [4.78, 5) is 24.9. The van der Waals surface area contributed by atoms with Gasteiger partial charge >= 0.3 is 0 Å². The number of anilines is 1. The fraction of sp³-hybridized carbons (Fsp3) is 0.150. The van der Waals surface area contributed by atoms with Gasteiger partial charge in [-0.1, -0.05) is 32.0 Å². The molecular formula is C20H20N8. The lowest BCUT2D eigenvalue weighted by atomic mass is 10.3. The minimum atomic E-state index is 0.483. The first kappa shape index (κ1) is 17.6. The van der Waals surface area contributed by atoms with Crippen molar-refractivity contribution in [3.63, 3.8) is 0 Å². The molecule has 4 aromatic heterocycles. The molecule has 2 N–H and O–H groups in total. The van der Waals surface area contributed by atoms with Gasteiger partial charge in [0.1, 0.15) is 23.2 Å². The minimum Gasteiger partial charge on any atom is -0.361 e. The first-order chi connectivity index (χ1) is 13.9. The predicted octanol–water partition coefficient (Wildman–Crippen LogP) is 3.73. The van der Waals surface area contributed by atoms with Crippen LogP contribution in [0, 0.1) is 0 Å². The largest absolute Gasteiger partial charge is 0.361 e. The summed E-state index contributed by atoms with van der Waals surface area (Å²) in [5, 5.41) is 3.33. The van der Waals surface area contributed by atoms with Gasteiger partial charge in [0.25, 0.3) is 0 Å². The Morgan fingerprint density at radius 2 is 1.82 bits per heavy atom. The third kappa shape index (κ3) is 3.16. The van der Waals surface area contributed by atoms with Gasteiger partial charge in [0.05, 0.1) is 12.9 Å².